The molecule has 1 amide bonds. The molecular weight excluding hydrogens is 378 g/mol. The van der Waals surface area contributed by atoms with Crippen molar-refractivity contribution in [3.8, 4) is 0 Å². The molecule has 2 heterocycles. The Labute approximate surface area is 127 Å². The quantitative estimate of drug-likeness (QED) is 0.580. The summed E-state index contributed by atoms with van der Waals surface area (Å²) in [7, 11) is 0. The van der Waals surface area contributed by atoms with Crippen LogP contribution in [-0.2, 0) is 0 Å². The number of aromatic nitrogens is 1. The number of carbonyl (C=O) groups excluding carboxylic acids is 1. The number of guanidine groups is 1. The van der Waals surface area contributed by atoms with Gasteiger partial charge in [0.05, 0.1) is 21.7 Å². The molecule has 6 nitrogen and oxygen atoms in total. The van der Waals surface area contributed by atoms with Crippen LogP contribution in [0.2, 0.25) is 0 Å². The molecule has 0 spiro atoms. The molecule has 102 valence electrons. The fraction of sp³-hybridized carbons (Fsp3) is 0.273. The van der Waals surface area contributed by atoms with Crippen LogP contribution < -0.4 is 16.4 Å². The molecule has 0 aliphatic carbocycles. The third kappa shape index (κ3) is 3.84. The summed E-state index contributed by atoms with van der Waals surface area (Å²) < 4.78 is 1.56. The van der Waals surface area contributed by atoms with Crippen LogP contribution in [0.3, 0.4) is 0 Å². The van der Waals surface area contributed by atoms with Gasteiger partial charge in [-0.3, -0.25) is 9.79 Å². The highest BCUT2D eigenvalue weighted by Gasteiger charge is 2.11. The molecule has 2 rings (SSSR count). The lowest BCUT2D eigenvalue weighted by Gasteiger charge is -2.04. The van der Waals surface area contributed by atoms with Gasteiger partial charge in [-0.2, -0.15) is 0 Å². The first kappa shape index (κ1) is 14.1. The van der Waals surface area contributed by atoms with E-state index in [1.807, 2.05) is 12.2 Å². The lowest BCUT2D eigenvalue weighted by Crippen LogP contribution is -2.33. The summed E-state index contributed by atoms with van der Waals surface area (Å²) in [5.41, 5.74) is 5.99. The van der Waals surface area contributed by atoms with Gasteiger partial charge in [0.1, 0.15) is 5.69 Å². The minimum absolute atomic E-state index is 0.116. The number of hydrogen-bond acceptors (Lipinski definition) is 4. The number of halogens is 2. The zero-order chi connectivity index (χ0) is 13.8. The lowest BCUT2D eigenvalue weighted by atomic mass is 10.3. The maximum atomic E-state index is 11.8. The highest BCUT2D eigenvalue weighted by atomic mass is 79.9. The van der Waals surface area contributed by atoms with Gasteiger partial charge in [-0.15, -0.1) is 0 Å². The predicted octanol–water partition coefficient (Wildman–Crippen LogP) is 1.11. The molecule has 0 aromatic carbocycles. The fourth-order valence-corrected chi connectivity index (χ4v) is 2.25. The van der Waals surface area contributed by atoms with E-state index in [1.54, 1.807) is 6.07 Å². The van der Waals surface area contributed by atoms with Gasteiger partial charge in [0.2, 0.25) is 0 Å². The predicted molar refractivity (Wildman–Crippen MR) is 81.1 cm³/mol. The number of nitrogens with zero attached hydrogens (tertiary/aromatic N) is 1. The monoisotopic (exact) mass is 389 g/mol. The second-order valence-electron chi connectivity index (χ2n) is 3.96. The summed E-state index contributed by atoms with van der Waals surface area (Å²) in [4.78, 5) is 18.7. The minimum atomic E-state index is -0.161. The number of aromatic amines is 1. The fourth-order valence-electron chi connectivity index (χ4n) is 1.59. The number of nitrogens with two attached hydrogens (primary N) is 1. The number of H-pyrrole nitrogens is 1. The van der Waals surface area contributed by atoms with Crippen molar-refractivity contribution in [2.45, 2.75) is 6.04 Å². The minimum Gasteiger partial charge on any atom is -0.370 e. The third-order valence-corrected chi connectivity index (χ3v) is 4.29. The van der Waals surface area contributed by atoms with Gasteiger partial charge in [-0.25, -0.2) is 0 Å². The molecule has 1 atom stereocenters. The maximum Gasteiger partial charge on any atom is 0.268 e. The Morgan fingerprint density at radius 1 is 1.63 bits per heavy atom. The molecule has 1 aromatic heterocycles. The van der Waals surface area contributed by atoms with Crippen molar-refractivity contribution in [2.24, 2.45) is 10.7 Å². The summed E-state index contributed by atoms with van der Waals surface area (Å²) in [6.45, 7) is 1.08. The molecule has 1 aromatic rings. The normalized spacial score (nSPS) is 18.4. The molecule has 1 aliphatic heterocycles. The Morgan fingerprint density at radius 3 is 3.00 bits per heavy atom. The van der Waals surface area contributed by atoms with Gasteiger partial charge in [0.25, 0.3) is 5.91 Å². The van der Waals surface area contributed by atoms with Gasteiger partial charge in [-0.1, -0.05) is 12.2 Å². The first-order valence-electron chi connectivity index (χ1n) is 5.61. The van der Waals surface area contributed by atoms with E-state index in [9.17, 15) is 4.79 Å². The molecule has 1 aliphatic rings. The number of carbonyl (C=O) groups is 1. The van der Waals surface area contributed by atoms with Crippen LogP contribution in [0.5, 0.6) is 0 Å². The van der Waals surface area contributed by atoms with Crippen LogP contribution >= 0.6 is 31.9 Å². The third-order valence-electron chi connectivity index (χ3n) is 2.51. The van der Waals surface area contributed by atoms with Crippen LogP contribution in [-0.4, -0.2) is 36.0 Å². The van der Waals surface area contributed by atoms with Crippen LogP contribution in [0, 0.1) is 0 Å². The number of hydrogen-bond donors (Lipinski definition) is 4. The number of rotatable bonds is 4. The van der Waals surface area contributed by atoms with E-state index in [-0.39, 0.29) is 11.9 Å². The SMILES string of the molecule is NC1=NCC(C=CCNC(=O)c2cc(Br)c(Br)[nH]2)N1. The zero-order valence-corrected chi connectivity index (χ0v) is 13.1. The summed E-state index contributed by atoms with van der Waals surface area (Å²) in [5, 5.41) is 5.77. The van der Waals surface area contributed by atoms with Crippen molar-refractivity contribution in [1.29, 1.82) is 0 Å². The second-order valence-corrected chi connectivity index (χ2v) is 5.61. The van der Waals surface area contributed by atoms with Crippen LogP contribution in [0.25, 0.3) is 0 Å². The molecule has 0 fully saturated rings. The van der Waals surface area contributed by atoms with Gasteiger partial charge in [0, 0.05) is 6.54 Å². The van der Waals surface area contributed by atoms with Crippen LogP contribution in [0.4, 0.5) is 0 Å². The smallest absolute Gasteiger partial charge is 0.268 e. The van der Waals surface area contributed by atoms with E-state index >= 15 is 0 Å². The Morgan fingerprint density at radius 2 is 2.42 bits per heavy atom. The van der Waals surface area contributed by atoms with Gasteiger partial charge in [0.15, 0.2) is 5.96 Å². The Hall–Kier alpha value is -1.28. The van der Waals surface area contributed by atoms with Crippen molar-refractivity contribution < 1.29 is 4.79 Å². The average Bonchev–Trinajstić information content (AvgIpc) is 2.92. The van der Waals surface area contributed by atoms with Gasteiger partial charge in [-0.05, 0) is 37.9 Å². The van der Waals surface area contributed by atoms with E-state index in [0.29, 0.717) is 24.7 Å². The molecule has 0 radical (unpaired) electrons. The van der Waals surface area contributed by atoms with E-state index in [4.69, 9.17) is 5.73 Å². The highest BCUT2D eigenvalue weighted by molar-refractivity contribution is 9.13. The molecule has 0 bridgehead atoms. The Balaban J connectivity index is 1.76. The molecule has 19 heavy (non-hydrogen) atoms. The van der Waals surface area contributed by atoms with Crippen molar-refractivity contribution in [3.63, 3.8) is 0 Å². The van der Waals surface area contributed by atoms with Crippen LogP contribution in [0.15, 0.2) is 32.3 Å². The molecule has 1 unspecified atom stereocenters. The van der Waals surface area contributed by atoms with Gasteiger partial charge < -0.3 is 21.4 Å². The summed E-state index contributed by atoms with van der Waals surface area (Å²) in [5.74, 6) is 0.297. The molecule has 8 heteroatoms. The number of nitrogens with one attached hydrogen (secondary N) is 3. The van der Waals surface area contributed by atoms with Crippen molar-refractivity contribution in [2.75, 3.05) is 13.1 Å². The molecular formula is C11H13Br2N5O. The van der Waals surface area contributed by atoms with Crippen molar-refractivity contribution in [1.82, 2.24) is 15.6 Å². The van der Waals surface area contributed by atoms with Crippen molar-refractivity contribution >= 4 is 43.7 Å². The largest absolute Gasteiger partial charge is 0.370 e. The summed E-state index contributed by atoms with van der Waals surface area (Å²) in [6, 6.07) is 1.83. The average molecular weight is 391 g/mol. The lowest BCUT2D eigenvalue weighted by molar-refractivity contribution is 0.0953. The van der Waals surface area contributed by atoms with E-state index in [1.165, 1.54) is 0 Å². The van der Waals surface area contributed by atoms with Gasteiger partial charge >= 0.3 is 0 Å². The number of amides is 1. The first-order valence-corrected chi connectivity index (χ1v) is 7.20. The first-order chi connectivity index (χ1) is 9.06. The summed E-state index contributed by atoms with van der Waals surface area (Å²) in [6.07, 6.45) is 3.81. The number of aliphatic imine (C=N–C) groups is 1. The topological polar surface area (TPSA) is 95.3 Å². The zero-order valence-electron chi connectivity index (χ0n) is 9.91. The van der Waals surface area contributed by atoms with Crippen LogP contribution in [0.1, 0.15) is 10.5 Å². The second kappa shape index (κ2) is 6.25. The van der Waals surface area contributed by atoms with Crippen molar-refractivity contribution in [3.05, 3.63) is 33.0 Å². The van der Waals surface area contributed by atoms with E-state index < -0.39 is 0 Å². The van der Waals surface area contributed by atoms with E-state index in [2.05, 4.69) is 52.5 Å². The maximum absolute atomic E-state index is 11.8. The highest BCUT2D eigenvalue weighted by Crippen LogP contribution is 2.22. The standard InChI is InChI=1S/C11H13Br2N5O/c12-7-4-8(18-9(7)13)10(19)15-3-1-2-6-5-16-11(14)17-6/h1-2,4,6,18H,3,5H2,(H,15,19)(H3,14,16,17). The molecule has 5 N–H and O–H groups in total. The molecule has 0 saturated carbocycles. The van der Waals surface area contributed by atoms with E-state index in [0.717, 1.165) is 9.08 Å². The molecule has 0 saturated heterocycles. The Bertz CT molecular complexity index is 518. The summed E-state index contributed by atoms with van der Waals surface area (Å²) >= 11 is 6.60. The Kier molecular flexibility index (Phi) is 4.65.